The van der Waals surface area contributed by atoms with Crippen LogP contribution in [0.25, 0.3) is 0 Å². The van der Waals surface area contributed by atoms with E-state index in [4.69, 9.17) is 18.9 Å². The minimum Gasteiger partial charge on any atom is -0.494 e. The normalized spacial score (nSPS) is 18.6. The SMILES string of the molecule is COC(=O)C1=Nc2c(OC)cc(C)cc2SC1C1Sc2cc(C)cc(OC)c2N=C1C(=O)OC. The lowest BCUT2D eigenvalue weighted by Gasteiger charge is -2.32. The summed E-state index contributed by atoms with van der Waals surface area (Å²) in [7, 11) is 5.73. The van der Waals surface area contributed by atoms with E-state index in [1.54, 1.807) is 14.2 Å². The van der Waals surface area contributed by atoms with Crippen molar-refractivity contribution in [3.05, 3.63) is 35.4 Å². The first-order valence-electron chi connectivity index (χ1n) is 10.4. The van der Waals surface area contributed by atoms with Crippen LogP contribution in [-0.4, -0.2) is 62.3 Å². The van der Waals surface area contributed by atoms with Crippen LogP contribution < -0.4 is 9.47 Å². The Morgan fingerprint density at radius 1 is 0.706 bits per heavy atom. The van der Waals surface area contributed by atoms with Gasteiger partial charge in [0.05, 0.1) is 38.9 Å². The molecule has 178 valence electrons. The van der Waals surface area contributed by atoms with Crippen LogP contribution in [0, 0.1) is 13.8 Å². The largest absolute Gasteiger partial charge is 0.494 e. The van der Waals surface area contributed by atoms with Crippen LogP contribution in [0.3, 0.4) is 0 Å². The van der Waals surface area contributed by atoms with Gasteiger partial charge in [0.15, 0.2) is 0 Å². The lowest BCUT2D eigenvalue weighted by atomic mass is 10.1. The number of aryl methyl sites for hydroxylation is 2. The molecule has 0 radical (unpaired) electrons. The Morgan fingerprint density at radius 3 is 1.41 bits per heavy atom. The van der Waals surface area contributed by atoms with Crippen molar-refractivity contribution in [2.45, 2.75) is 34.1 Å². The number of ether oxygens (including phenoxy) is 4. The summed E-state index contributed by atoms with van der Waals surface area (Å²) in [5, 5.41) is -1.12. The summed E-state index contributed by atoms with van der Waals surface area (Å²) in [4.78, 5) is 36.7. The highest BCUT2D eigenvalue weighted by atomic mass is 32.2. The minimum atomic E-state index is -0.580. The lowest BCUT2D eigenvalue weighted by Crippen LogP contribution is -2.44. The van der Waals surface area contributed by atoms with Crippen molar-refractivity contribution in [2.24, 2.45) is 9.98 Å². The van der Waals surface area contributed by atoms with Crippen LogP contribution in [0.5, 0.6) is 11.5 Å². The molecule has 0 fully saturated rings. The van der Waals surface area contributed by atoms with Crippen LogP contribution in [0.1, 0.15) is 11.1 Å². The number of aliphatic imine (C=N–C) groups is 2. The Hall–Kier alpha value is -2.98. The van der Waals surface area contributed by atoms with E-state index in [1.807, 2.05) is 38.1 Å². The average Bonchev–Trinajstić information content (AvgIpc) is 2.84. The number of benzene rings is 2. The molecule has 0 aromatic heterocycles. The molecule has 0 aliphatic carbocycles. The molecule has 2 aromatic carbocycles. The predicted octanol–water partition coefficient (Wildman–Crippen LogP) is 4.46. The molecule has 2 heterocycles. The molecule has 2 aromatic rings. The van der Waals surface area contributed by atoms with Crippen LogP contribution in [0.15, 0.2) is 44.0 Å². The fraction of sp³-hybridized carbons (Fsp3) is 0.333. The van der Waals surface area contributed by atoms with Crippen LogP contribution in [-0.2, 0) is 19.1 Å². The quantitative estimate of drug-likeness (QED) is 0.556. The van der Waals surface area contributed by atoms with E-state index in [1.165, 1.54) is 37.7 Å². The molecular formula is C24H24N2O6S2. The second-order valence-electron chi connectivity index (χ2n) is 7.68. The molecule has 0 saturated heterocycles. The maximum absolute atomic E-state index is 12.9. The molecule has 4 rings (SSSR count). The monoisotopic (exact) mass is 500 g/mol. The first kappa shape index (κ1) is 24.2. The summed E-state index contributed by atoms with van der Waals surface area (Å²) in [6.07, 6.45) is 0. The highest BCUT2D eigenvalue weighted by Crippen LogP contribution is 2.51. The second-order valence-corrected chi connectivity index (χ2v) is 10.0. The molecule has 34 heavy (non-hydrogen) atoms. The summed E-state index contributed by atoms with van der Waals surface area (Å²) < 4.78 is 21.1. The number of carbonyl (C=O) groups is 2. The van der Waals surface area contributed by atoms with Gasteiger partial charge in [-0.05, 0) is 49.2 Å². The van der Waals surface area contributed by atoms with Gasteiger partial charge in [-0.2, -0.15) is 0 Å². The summed E-state index contributed by atoms with van der Waals surface area (Å²) in [5.74, 6) is -0.0381. The number of rotatable bonds is 5. The van der Waals surface area contributed by atoms with Gasteiger partial charge in [0.2, 0.25) is 0 Å². The Bertz CT molecular complexity index is 1140. The Kier molecular flexibility index (Phi) is 6.90. The molecule has 8 nitrogen and oxygen atoms in total. The molecule has 0 N–H and O–H groups in total. The average molecular weight is 501 g/mol. The van der Waals surface area contributed by atoms with Gasteiger partial charge in [-0.25, -0.2) is 19.6 Å². The van der Waals surface area contributed by atoms with E-state index in [-0.39, 0.29) is 11.4 Å². The highest BCUT2D eigenvalue weighted by molar-refractivity contribution is 8.05. The van der Waals surface area contributed by atoms with E-state index in [0.717, 1.165) is 20.9 Å². The molecule has 0 saturated carbocycles. The number of carbonyl (C=O) groups excluding carboxylic acids is 2. The van der Waals surface area contributed by atoms with Gasteiger partial charge < -0.3 is 18.9 Å². The Morgan fingerprint density at radius 2 is 1.09 bits per heavy atom. The summed E-state index contributed by atoms with van der Waals surface area (Å²) in [5.41, 5.74) is 3.46. The zero-order chi connectivity index (χ0) is 24.6. The van der Waals surface area contributed by atoms with Gasteiger partial charge in [-0.15, -0.1) is 23.5 Å². The molecule has 0 bridgehead atoms. The number of thioether (sulfide) groups is 2. The number of methoxy groups -OCH3 is 4. The van der Waals surface area contributed by atoms with Gasteiger partial charge in [0, 0.05) is 9.79 Å². The van der Waals surface area contributed by atoms with E-state index < -0.39 is 22.4 Å². The first-order chi connectivity index (χ1) is 16.3. The summed E-state index contributed by atoms with van der Waals surface area (Å²) in [6, 6.07) is 7.69. The molecule has 2 unspecified atom stereocenters. The third-order valence-corrected chi connectivity index (χ3v) is 8.19. The van der Waals surface area contributed by atoms with Crippen LogP contribution >= 0.6 is 23.5 Å². The zero-order valence-corrected chi connectivity index (χ0v) is 21.3. The van der Waals surface area contributed by atoms with E-state index in [0.29, 0.717) is 22.9 Å². The molecule has 2 aliphatic heterocycles. The maximum Gasteiger partial charge on any atom is 0.353 e. The molecule has 2 aliphatic rings. The molecule has 0 amide bonds. The van der Waals surface area contributed by atoms with Gasteiger partial charge in [0.25, 0.3) is 0 Å². The first-order valence-corrected chi connectivity index (χ1v) is 12.1. The zero-order valence-electron chi connectivity index (χ0n) is 19.6. The molecule has 10 heteroatoms. The molecule has 2 atom stereocenters. The summed E-state index contributed by atoms with van der Waals surface area (Å²) in [6.45, 7) is 3.92. The van der Waals surface area contributed by atoms with Crippen molar-refractivity contribution in [2.75, 3.05) is 28.4 Å². The van der Waals surface area contributed by atoms with Gasteiger partial charge in [0.1, 0.15) is 34.3 Å². The number of hydrogen-bond donors (Lipinski definition) is 0. The number of esters is 2. The Labute approximate surface area is 206 Å². The third-order valence-electron chi connectivity index (χ3n) is 5.38. The number of nitrogens with zero attached hydrogens (tertiary/aromatic N) is 2. The van der Waals surface area contributed by atoms with Crippen molar-refractivity contribution in [1.82, 2.24) is 0 Å². The predicted molar refractivity (Wildman–Crippen MR) is 133 cm³/mol. The molecular weight excluding hydrogens is 476 g/mol. The van der Waals surface area contributed by atoms with E-state index in [9.17, 15) is 9.59 Å². The smallest absolute Gasteiger partial charge is 0.353 e. The summed E-state index contributed by atoms with van der Waals surface area (Å²) >= 11 is 2.85. The number of hydrogen-bond acceptors (Lipinski definition) is 10. The standard InChI is InChI=1S/C24H24N2O6S2/c1-11-7-13(29-3)17-15(9-11)33-21(19(25-17)23(27)31-5)22-20(24(28)32-6)26-18-14(30-4)8-12(2)10-16(18)34-22/h7-10,21-22H,1-6H3. The van der Waals surface area contributed by atoms with Crippen molar-refractivity contribution in [3.8, 4) is 11.5 Å². The van der Waals surface area contributed by atoms with Crippen LogP contribution in [0.4, 0.5) is 11.4 Å². The van der Waals surface area contributed by atoms with Crippen molar-refractivity contribution in [1.29, 1.82) is 0 Å². The van der Waals surface area contributed by atoms with Crippen LogP contribution in [0.2, 0.25) is 0 Å². The molecule has 0 spiro atoms. The van der Waals surface area contributed by atoms with Crippen molar-refractivity contribution < 1.29 is 28.5 Å². The van der Waals surface area contributed by atoms with Gasteiger partial charge >= 0.3 is 11.9 Å². The lowest BCUT2D eigenvalue weighted by molar-refractivity contribution is -0.133. The third kappa shape index (κ3) is 4.27. The highest BCUT2D eigenvalue weighted by Gasteiger charge is 2.44. The topological polar surface area (TPSA) is 95.8 Å². The Balaban J connectivity index is 1.89. The maximum atomic E-state index is 12.9. The van der Waals surface area contributed by atoms with Crippen molar-refractivity contribution in [3.63, 3.8) is 0 Å². The van der Waals surface area contributed by atoms with E-state index >= 15 is 0 Å². The fourth-order valence-corrected chi connectivity index (χ4v) is 6.76. The number of fused-ring (bicyclic) bond motifs is 2. The van der Waals surface area contributed by atoms with E-state index in [2.05, 4.69) is 9.98 Å². The fourth-order valence-electron chi connectivity index (χ4n) is 3.83. The van der Waals surface area contributed by atoms with Crippen molar-refractivity contribution >= 4 is 58.3 Å². The second kappa shape index (κ2) is 9.71. The minimum absolute atomic E-state index is 0.180. The van der Waals surface area contributed by atoms with Gasteiger partial charge in [-0.3, -0.25) is 0 Å². The van der Waals surface area contributed by atoms with Gasteiger partial charge in [-0.1, -0.05) is 0 Å².